The molecule has 0 aliphatic carbocycles. The summed E-state index contributed by atoms with van der Waals surface area (Å²) in [7, 11) is 0. The maximum atomic E-state index is 11.2. The number of rotatable bonds is 6. The van der Waals surface area contributed by atoms with E-state index in [1.807, 2.05) is 36.4 Å². The van der Waals surface area contributed by atoms with Gasteiger partial charge in [-0.25, -0.2) is 0 Å². The molecule has 0 saturated carbocycles. The first-order valence-corrected chi connectivity index (χ1v) is 7.46. The third-order valence-electron chi connectivity index (χ3n) is 3.07. The van der Waals surface area contributed by atoms with E-state index in [4.69, 9.17) is 5.11 Å². The summed E-state index contributed by atoms with van der Waals surface area (Å²) >= 11 is 1.32. The molecule has 4 heteroatoms. The van der Waals surface area contributed by atoms with Crippen molar-refractivity contribution >= 4 is 28.9 Å². The van der Waals surface area contributed by atoms with E-state index in [9.17, 15) is 9.59 Å². The van der Waals surface area contributed by atoms with Gasteiger partial charge in [0.15, 0.2) is 5.12 Å². The summed E-state index contributed by atoms with van der Waals surface area (Å²) in [5.74, 6) is -0.0438. The zero-order chi connectivity index (χ0) is 15.2. The average molecular weight is 292 g/mol. The maximum Gasteiger partial charge on any atom is 0.313 e. The molecular formula is C16H20O3S. The van der Waals surface area contributed by atoms with Gasteiger partial charge in [-0.15, -0.1) is 0 Å². The van der Waals surface area contributed by atoms with Gasteiger partial charge in [-0.3, -0.25) is 9.59 Å². The molecule has 1 rings (SSSR count). The number of carbonyl (C=O) groups excluding carboxylic acids is 1. The van der Waals surface area contributed by atoms with Gasteiger partial charge in [-0.05, 0) is 31.4 Å². The van der Waals surface area contributed by atoms with Crippen LogP contribution in [0.2, 0.25) is 0 Å². The predicted octanol–water partition coefficient (Wildman–Crippen LogP) is 3.73. The summed E-state index contributed by atoms with van der Waals surface area (Å²) < 4.78 is 0. The van der Waals surface area contributed by atoms with E-state index in [0.717, 1.165) is 23.3 Å². The topological polar surface area (TPSA) is 54.4 Å². The van der Waals surface area contributed by atoms with Gasteiger partial charge in [0.2, 0.25) is 0 Å². The molecule has 3 nitrogen and oxygen atoms in total. The van der Waals surface area contributed by atoms with Crippen LogP contribution in [-0.4, -0.2) is 21.9 Å². The van der Waals surface area contributed by atoms with Crippen LogP contribution < -0.4 is 0 Å². The molecule has 0 unspecified atom stereocenters. The molecular weight excluding hydrogens is 272 g/mol. The molecule has 1 N–H and O–H groups in total. The molecule has 0 aliphatic rings. The van der Waals surface area contributed by atoms with Gasteiger partial charge in [0, 0.05) is 12.7 Å². The van der Waals surface area contributed by atoms with Crippen LogP contribution in [0.15, 0.2) is 30.3 Å². The van der Waals surface area contributed by atoms with Crippen molar-refractivity contribution in [2.24, 2.45) is 0 Å². The summed E-state index contributed by atoms with van der Waals surface area (Å²) in [5, 5.41) is 9.30. The quantitative estimate of drug-likeness (QED) is 0.812. The molecule has 0 fully saturated rings. The molecule has 20 heavy (non-hydrogen) atoms. The van der Waals surface area contributed by atoms with Crippen LogP contribution in [0.3, 0.4) is 0 Å². The Kier molecular flexibility index (Phi) is 6.02. The van der Waals surface area contributed by atoms with Crippen molar-refractivity contribution in [2.75, 3.05) is 5.75 Å². The smallest absolute Gasteiger partial charge is 0.313 e. The molecule has 0 aliphatic heterocycles. The fourth-order valence-electron chi connectivity index (χ4n) is 1.62. The first-order valence-electron chi connectivity index (χ1n) is 6.48. The molecule has 0 saturated heterocycles. The first-order chi connectivity index (χ1) is 9.34. The Morgan fingerprint density at radius 1 is 1.25 bits per heavy atom. The lowest BCUT2D eigenvalue weighted by Crippen LogP contribution is -2.28. The summed E-state index contributed by atoms with van der Waals surface area (Å²) in [6.45, 7) is 4.95. The van der Waals surface area contributed by atoms with Crippen molar-refractivity contribution < 1.29 is 14.7 Å². The van der Waals surface area contributed by atoms with Crippen molar-refractivity contribution in [3.8, 4) is 0 Å². The fourth-order valence-corrected chi connectivity index (χ4v) is 2.17. The highest BCUT2D eigenvalue weighted by Crippen LogP contribution is 2.23. The Labute approximate surface area is 124 Å². The van der Waals surface area contributed by atoms with Crippen LogP contribution in [0.5, 0.6) is 0 Å². The zero-order valence-electron chi connectivity index (χ0n) is 12.1. The second-order valence-corrected chi connectivity index (χ2v) is 6.36. The van der Waals surface area contributed by atoms with Crippen molar-refractivity contribution in [1.29, 1.82) is 0 Å². The van der Waals surface area contributed by atoms with Gasteiger partial charge in [0.05, 0.1) is 5.41 Å². The lowest BCUT2D eigenvalue weighted by molar-refractivity contribution is -0.142. The van der Waals surface area contributed by atoms with Crippen molar-refractivity contribution in [2.45, 2.75) is 32.6 Å². The van der Waals surface area contributed by atoms with Crippen LogP contribution in [0.4, 0.5) is 0 Å². The molecule has 0 bridgehead atoms. The van der Waals surface area contributed by atoms with E-state index in [1.54, 1.807) is 20.8 Å². The normalized spacial score (nSPS) is 11.8. The van der Waals surface area contributed by atoms with Crippen molar-refractivity contribution in [3.63, 3.8) is 0 Å². The Hall–Kier alpha value is -1.55. The molecule has 0 atom stereocenters. The molecule has 0 amide bonds. The molecule has 1 aromatic carbocycles. The highest BCUT2D eigenvalue weighted by atomic mass is 32.2. The van der Waals surface area contributed by atoms with E-state index in [0.29, 0.717) is 0 Å². The third-order valence-corrected chi connectivity index (χ3v) is 3.91. The van der Waals surface area contributed by atoms with E-state index in [-0.39, 0.29) is 5.12 Å². The van der Waals surface area contributed by atoms with Gasteiger partial charge in [-0.1, -0.05) is 48.2 Å². The minimum Gasteiger partial charge on any atom is -0.481 e. The number of aliphatic carboxylic acids is 1. The van der Waals surface area contributed by atoms with Gasteiger partial charge in [0.1, 0.15) is 0 Å². The van der Waals surface area contributed by atoms with E-state index in [2.05, 4.69) is 0 Å². The number of hydrogen-bond donors (Lipinski definition) is 1. The largest absolute Gasteiger partial charge is 0.481 e. The number of carbonyl (C=O) groups is 2. The van der Waals surface area contributed by atoms with Crippen LogP contribution in [0, 0.1) is 0 Å². The molecule has 0 spiro atoms. The Bertz CT molecular complexity index is 501. The summed E-state index contributed by atoms with van der Waals surface area (Å²) in [5.41, 5.74) is 0.942. The summed E-state index contributed by atoms with van der Waals surface area (Å²) in [6, 6.07) is 7.51. The highest BCUT2D eigenvalue weighted by Gasteiger charge is 2.28. The second kappa shape index (κ2) is 7.29. The number of allylic oxidation sites excluding steroid dienone is 1. The Balaban J connectivity index is 2.61. The number of carboxylic acids is 1. The minimum atomic E-state index is -0.875. The SMILES string of the molecule is CC(=O)SCCC=Cc1ccc(C(C)(C)C(=O)O)cc1. The zero-order valence-corrected chi connectivity index (χ0v) is 12.9. The number of hydrogen-bond acceptors (Lipinski definition) is 3. The third kappa shape index (κ3) is 4.85. The van der Waals surface area contributed by atoms with Crippen molar-refractivity contribution in [3.05, 3.63) is 41.5 Å². The predicted molar refractivity (Wildman–Crippen MR) is 83.9 cm³/mol. The van der Waals surface area contributed by atoms with E-state index in [1.165, 1.54) is 11.8 Å². The Morgan fingerprint density at radius 3 is 2.35 bits per heavy atom. The lowest BCUT2D eigenvalue weighted by Gasteiger charge is -2.19. The molecule has 0 radical (unpaired) electrons. The molecule has 108 valence electrons. The highest BCUT2D eigenvalue weighted by molar-refractivity contribution is 8.13. The van der Waals surface area contributed by atoms with Crippen LogP contribution in [0.25, 0.3) is 6.08 Å². The number of thioether (sulfide) groups is 1. The standard InChI is InChI=1S/C16H20O3S/c1-12(17)20-11-5-4-6-13-7-9-14(10-8-13)16(2,3)15(18)19/h4,6-10H,5,11H2,1-3H3,(H,18,19). The van der Waals surface area contributed by atoms with Crippen molar-refractivity contribution in [1.82, 2.24) is 0 Å². The number of benzene rings is 1. The summed E-state index contributed by atoms with van der Waals surface area (Å²) in [6.07, 6.45) is 4.85. The molecule has 1 aromatic rings. The summed E-state index contributed by atoms with van der Waals surface area (Å²) in [4.78, 5) is 21.9. The molecule has 0 aromatic heterocycles. The first kappa shape index (κ1) is 16.5. The van der Waals surface area contributed by atoms with Gasteiger partial charge in [-0.2, -0.15) is 0 Å². The van der Waals surface area contributed by atoms with Crippen LogP contribution in [0.1, 0.15) is 38.3 Å². The minimum absolute atomic E-state index is 0.138. The van der Waals surface area contributed by atoms with Gasteiger partial charge < -0.3 is 5.11 Å². The van der Waals surface area contributed by atoms with E-state index < -0.39 is 11.4 Å². The number of carboxylic acid groups (broad SMARTS) is 1. The fraction of sp³-hybridized carbons (Fsp3) is 0.375. The lowest BCUT2D eigenvalue weighted by atomic mass is 9.84. The second-order valence-electron chi connectivity index (χ2n) is 5.08. The molecule has 0 heterocycles. The Morgan fingerprint density at radius 2 is 1.85 bits per heavy atom. The van der Waals surface area contributed by atoms with E-state index >= 15 is 0 Å². The average Bonchev–Trinajstić information content (AvgIpc) is 2.38. The maximum absolute atomic E-state index is 11.2. The van der Waals surface area contributed by atoms with Gasteiger partial charge >= 0.3 is 5.97 Å². The van der Waals surface area contributed by atoms with Crippen LogP contribution in [-0.2, 0) is 15.0 Å². The monoisotopic (exact) mass is 292 g/mol. The van der Waals surface area contributed by atoms with Gasteiger partial charge in [0.25, 0.3) is 0 Å². The van der Waals surface area contributed by atoms with Crippen LogP contribution >= 0.6 is 11.8 Å².